The summed E-state index contributed by atoms with van der Waals surface area (Å²) >= 11 is 0. The zero-order chi connectivity index (χ0) is 18.2. The molecule has 130 valence electrons. The maximum Gasteiger partial charge on any atom is 0.0477 e. The van der Waals surface area contributed by atoms with Crippen LogP contribution in [-0.4, -0.2) is 4.57 Å². The minimum absolute atomic E-state index is 0.223. The molecule has 0 bridgehead atoms. The molecule has 0 aliphatic rings. The van der Waals surface area contributed by atoms with Crippen molar-refractivity contribution in [1.29, 1.82) is 0 Å². The molecule has 5 aromatic rings. The number of fused-ring (bicyclic) bond motifs is 2. The van der Waals surface area contributed by atoms with Gasteiger partial charge in [-0.05, 0) is 51.0 Å². The number of aryl methyl sites for hydroxylation is 1. The number of benzene rings is 4. The van der Waals surface area contributed by atoms with Gasteiger partial charge in [0.25, 0.3) is 0 Å². The largest absolute Gasteiger partial charge is 0.351 e. The molecule has 0 aliphatic heterocycles. The van der Waals surface area contributed by atoms with Crippen molar-refractivity contribution in [2.45, 2.75) is 5.92 Å². The number of aromatic nitrogens is 1. The van der Waals surface area contributed by atoms with Crippen LogP contribution in [0.25, 0.3) is 21.7 Å². The van der Waals surface area contributed by atoms with Crippen LogP contribution in [0.4, 0.5) is 0 Å². The van der Waals surface area contributed by atoms with Crippen LogP contribution in [0, 0.1) is 0 Å². The number of hydrogen-bond donors (Lipinski definition) is 0. The molecule has 0 aliphatic carbocycles. The van der Waals surface area contributed by atoms with E-state index in [0.717, 1.165) is 0 Å². The van der Waals surface area contributed by atoms with Gasteiger partial charge in [-0.1, -0.05) is 78.9 Å². The third-order valence-electron chi connectivity index (χ3n) is 5.48. The highest BCUT2D eigenvalue weighted by molar-refractivity contribution is 5.84. The molecule has 0 saturated carbocycles. The van der Waals surface area contributed by atoms with Crippen molar-refractivity contribution in [3.05, 3.63) is 120 Å². The summed E-state index contributed by atoms with van der Waals surface area (Å²) < 4.78 is 2.17. The molecule has 1 nitrogen and oxygen atoms in total. The van der Waals surface area contributed by atoms with E-state index in [-0.39, 0.29) is 5.92 Å². The van der Waals surface area contributed by atoms with E-state index in [0.29, 0.717) is 0 Å². The van der Waals surface area contributed by atoms with Crippen LogP contribution in [0.15, 0.2) is 103 Å². The van der Waals surface area contributed by atoms with Gasteiger partial charge in [-0.3, -0.25) is 0 Å². The lowest BCUT2D eigenvalue weighted by atomic mass is 9.84. The quantitative estimate of drug-likeness (QED) is 0.328. The third-order valence-corrected chi connectivity index (χ3v) is 5.48. The zero-order valence-electron chi connectivity index (χ0n) is 15.3. The summed E-state index contributed by atoms with van der Waals surface area (Å²) in [6.07, 6.45) is 2.13. The van der Waals surface area contributed by atoms with Crippen molar-refractivity contribution in [2.75, 3.05) is 0 Å². The fourth-order valence-electron chi connectivity index (χ4n) is 4.09. The van der Waals surface area contributed by atoms with Crippen LogP contribution in [0.5, 0.6) is 0 Å². The van der Waals surface area contributed by atoms with Gasteiger partial charge in [-0.25, -0.2) is 0 Å². The molecule has 27 heavy (non-hydrogen) atoms. The van der Waals surface area contributed by atoms with Crippen molar-refractivity contribution < 1.29 is 0 Å². The molecule has 0 fully saturated rings. The van der Waals surface area contributed by atoms with Crippen LogP contribution in [0.2, 0.25) is 0 Å². The van der Waals surface area contributed by atoms with Crippen LogP contribution >= 0.6 is 0 Å². The van der Waals surface area contributed by atoms with Crippen molar-refractivity contribution in [3.8, 4) is 0 Å². The summed E-state index contributed by atoms with van der Waals surface area (Å²) in [6, 6.07) is 35.3. The highest BCUT2D eigenvalue weighted by atomic mass is 14.9. The van der Waals surface area contributed by atoms with Gasteiger partial charge in [0, 0.05) is 24.7 Å². The average molecular weight is 347 g/mol. The summed E-state index contributed by atoms with van der Waals surface area (Å²) in [5, 5.41) is 3.86. The Balaban J connectivity index is 1.72. The van der Waals surface area contributed by atoms with Crippen molar-refractivity contribution in [2.24, 2.45) is 7.05 Å². The predicted molar refractivity (Wildman–Crippen MR) is 114 cm³/mol. The van der Waals surface area contributed by atoms with Crippen LogP contribution in [-0.2, 0) is 7.05 Å². The Labute approximate surface area is 159 Å². The normalized spacial score (nSPS) is 12.5. The molecule has 1 atom stereocenters. The molecule has 1 aromatic heterocycles. The highest BCUT2D eigenvalue weighted by Crippen LogP contribution is 2.35. The first kappa shape index (κ1) is 15.9. The van der Waals surface area contributed by atoms with Crippen LogP contribution in [0.1, 0.15) is 22.6 Å². The number of nitrogens with zero attached hydrogens (tertiary/aromatic N) is 1. The molecule has 1 heterocycles. The van der Waals surface area contributed by atoms with E-state index in [4.69, 9.17) is 0 Å². The number of rotatable bonds is 3. The maximum atomic E-state index is 2.34. The van der Waals surface area contributed by atoms with Crippen LogP contribution < -0.4 is 0 Å². The van der Waals surface area contributed by atoms with Gasteiger partial charge in [0.1, 0.15) is 0 Å². The Morgan fingerprint density at radius 3 is 2.04 bits per heavy atom. The van der Waals surface area contributed by atoms with Gasteiger partial charge in [0.2, 0.25) is 0 Å². The predicted octanol–water partition coefficient (Wildman–Crippen LogP) is 6.51. The second-order valence-electron chi connectivity index (χ2n) is 7.20. The summed E-state index contributed by atoms with van der Waals surface area (Å²) in [4.78, 5) is 0. The molecule has 5 rings (SSSR count). The molecular formula is C26H21N. The lowest BCUT2D eigenvalue weighted by Crippen LogP contribution is -2.03. The van der Waals surface area contributed by atoms with Gasteiger partial charge in [0.05, 0.1) is 0 Å². The molecule has 0 spiro atoms. The van der Waals surface area contributed by atoms with E-state index in [9.17, 15) is 0 Å². The molecule has 0 unspecified atom stereocenters. The molecule has 0 N–H and O–H groups in total. The fourth-order valence-corrected chi connectivity index (χ4v) is 4.09. The first-order valence-electron chi connectivity index (χ1n) is 9.38. The van der Waals surface area contributed by atoms with E-state index >= 15 is 0 Å². The summed E-state index contributed by atoms with van der Waals surface area (Å²) in [5.41, 5.74) is 5.25. The molecule has 0 amide bonds. The van der Waals surface area contributed by atoms with Crippen molar-refractivity contribution in [3.63, 3.8) is 0 Å². The summed E-state index contributed by atoms with van der Waals surface area (Å²) in [6.45, 7) is 0. The van der Waals surface area contributed by atoms with Crippen molar-refractivity contribution >= 4 is 21.7 Å². The molecular weight excluding hydrogens is 326 g/mol. The fraction of sp³-hybridized carbons (Fsp3) is 0.0769. The third kappa shape index (κ3) is 2.82. The monoisotopic (exact) mass is 347 g/mol. The van der Waals surface area contributed by atoms with Crippen molar-refractivity contribution in [1.82, 2.24) is 4.57 Å². The van der Waals surface area contributed by atoms with Gasteiger partial charge in [-0.2, -0.15) is 0 Å². The topological polar surface area (TPSA) is 4.93 Å². The standard InChI is InChI=1S/C26H21N/c1-27-16-15-22-18-24(13-14-25(22)27)26(20-8-3-2-4-9-20)23-12-11-19-7-5-6-10-21(19)17-23/h2-18,26H,1H3/t26-/m1/s1. The lowest BCUT2D eigenvalue weighted by molar-refractivity contribution is 0.963. The SMILES string of the molecule is Cn1ccc2cc([C@H](c3ccccc3)c3ccc4ccccc4c3)ccc21. The average Bonchev–Trinajstić information content (AvgIpc) is 3.09. The van der Waals surface area contributed by atoms with Crippen LogP contribution in [0.3, 0.4) is 0 Å². The van der Waals surface area contributed by atoms with E-state index < -0.39 is 0 Å². The summed E-state index contributed by atoms with van der Waals surface area (Å²) in [5.74, 6) is 0.223. The number of hydrogen-bond acceptors (Lipinski definition) is 0. The maximum absolute atomic E-state index is 2.34. The Morgan fingerprint density at radius 1 is 0.556 bits per heavy atom. The molecule has 1 heteroatoms. The molecule has 0 saturated heterocycles. The zero-order valence-corrected chi connectivity index (χ0v) is 15.3. The molecule has 4 aromatic carbocycles. The van der Waals surface area contributed by atoms with Gasteiger partial charge in [-0.15, -0.1) is 0 Å². The first-order valence-corrected chi connectivity index (χ1v) is 9.38. The van der Waals surface area contributed by atoms with E-state index in [1.165, 1.54) is 38.4 Å². The summed E-state index contributed by atoms with van der Waals surface area (Å²) in [7, 11) is 2.10. The van der Waals surface area contributed by atoms with Gasteiger partial charge < -0.3 is 4.57 Å². The van der Waals surface area contributed by atoms with E-state index in [1.54, 1.807) is 0 Å². The second-order valence-corrected chi connectivity index (χ2v) is 7.20. The Hall–Kier alpha value is -3.32. The lowest BCUT2D eigenvalue weighted by Gasteiger charge is -2.20. The smallest absolute Gasteiger partial charge is 0.0477 e. The molecule has 0 radical (unpaired) electrons. The minimum atomic E-state index is 0.223. The Morgan fingerprint density at radius 2 is 1.22 bits per heavy atom. The Bertz CT molecular complexity index is 1230. The minimum Gasteiger partial charge on any atom is -0.351 e. The van der Waals surface area contributed by atoms with E-state index in [2.05, 4.69) is 115 Å². The van der Waals surface area contributed by atoms with Gasteiger partial charge >= 0.3 is 0 Å². The highest BCUT2D eigenvalue weighted by Gasteiger charge is 2.17. The van der Waals surface area contributed by atoms with E-state index in [1.807, 2.05) is 0 Å². The first-order chi connectivity index (χ1) is 13.3. The van der Waals surface area contributed by atoms with Gasteiger partial charge in [0.15, 0.2) is 0 Å². The second kappa shape index (κ2) is 6.44. The Kier molecular flexibility index (Phi) is 3.79.